The van der Waals surface area contributed by atoms with Crippen molar-refractivity contribution in [2.24, 2.45) is 0 Å². The van der Waals surface area contributed by atoms with E-state index in [0.717, 1.165) is 26.2 Å². The van der Waals surface area contributed by atoms with Gasteiger partial charge in [0, 0.05) is 42.8 Å². The lowest BCUT2D eigenvalue weighted by atomic mass is 10.0. The van der Waals surface area contributed by atoms with Crippen LogP contribution in [0.5, 0.6) is 0 Å². The van der Waals surface area contributed by atoms with Gasteiger partial charge in [-0.2, -0.15) is 0 Å². The highest BCUT2D eigenvalue weighted by Gasteiger charge is 2.31. The summed E-state index contributed by atoms with van der Waals surface area (Å²) in [6, 6.07) is 17.8. The van der Waals surface area contributed by atoms with Crippen molar-refractivity contribution in [3.05, 3.63) is 76.9 Å². The Hall–Kier alpha value is -3.10. The standard InChI is InChI=1S/C24H28N4O3S/c1-18(26-24(30)23(29)25-17-20-9-5-15-31-20)22(21-10-6-16-32-21)28-13-11-27(12-14-28)19-7-3-2-4-8-19/h2-10,15-16,18,22H,11-14,17H2,1H3,(H,25,29)(H,26,30)/t18-,22-/m0/s1. The van der Waals surface area contributed by atoms with E-state index in [2.05, 4.69) is 50.8 Å². The van der Waals surface area contributed by atoms with Gasteiger partial charge in [-0.25, -0.2) is 0 Å². The van der Waals surface area contributed by atoms with Crippen LogP contribution >= 0.6 is 11.3 Å². The first-order chi connectivity index (χ1) is 15.6. The third-order valence-electron chi connectivity index (χ3n) is 5.71. The number of furan rings is 1. The van der Waals surface area contributed by atoms with Crippen LogP contribution in [0.25, 0.3) is 0 Å². The second-order valence-electron chi connectivity index (χ2n) is 7.84. The van der Waals surface area contributed by atoms with Crippen LogP contribution in [-0.2, 0) is 16.1 Å². The predicted molar refractivity (Wildman–Crippen MR) is 125 cm³/mol. The summed E-state index contributed by atoms with van der Waals surface area (Å²) in [5.41, 5.74) is 1.23. The third kappa shape index (κ3) is 5.38. The molecule has 3 aromatic rings. The van der Waals surface area contributed by atoms with Gasteiger partial charge in [-0.1, -0.05) is 24.3 Å². The number of thiophene rings is 1. The first kappa shape index (κ1) is 22.1. The summed E-state index contributed by atoms with van der Waals surface area (Å²) >= 11 is 1.67. The first-order valence-electron chi connectivity index (χ1n) is 10.8. The minimum absolute atomic E-state index is 0.00903. The molecule has 0 aliphatic carbocycles. The van der Waals surface area contributed by atoms with Gasteiger partial charge in [0.2, 0.25) is 0 Å². The normalized spacial score (nSPS) is 16.3. The van der Waals surface area contributed by atoms with Crippen molar-refractivity contribution >= 4 is 28.8 Å². The summed E-state index contributed by atoms with van der Waals surface area (Å²) in [5, 5.41) is 7.56. The van der Waals surface area contributed by atoms with E-state index in [1.807, 2.05) is 24.4 Å². The van der Waals surface area contributed by atoms with Crippen molar-refractivity contribution in [3.8, 4) is 0 Å². The van der Waals surface area contributed by atoms with Crippen LogP contribution in [0.15, 0.2) is 70.7 Å². The molecular weight excluding hydrogens is 424 g/mol. The molecule has 0 spiro atoms. The second-order valence-corrected chi connectivity index (χ2v) is 8.82. The fourth-order valence-electron chi connectivity index (χ4n) is 4.11. The monoisotopic (exact) mass is 452 g/mol. The van der Waals surface area contributed by atoms with Crippen molar-refractivity contribution in [1.29, 1.82) is 0 Å². The number of nitrogens with zero attached hydrogens (tertiary/aromatic N) is 2. The number of anilines is 1. The fourth-order valence-corrected chi connectivity index (χ4v) is 5.08. The third-order valence-corrected chi connectivity index (χ3v) is 6.65. The number of amides is 2. The lowest BCUT2D eigenvalue weighted by Gasteiger charge is -2.42. The van der Waals surface area contributed by atoms with Crippen molar-refractivity contribution in [2.75, 3.05) is 31.1 Å². The molecule has 2 aromatic heterocycles. The van der Waals surface area contributed by atoms with Gasteiger partial charge in [-0.15, -0.1) is 11.3 Å². The summed E-state index contributed by atoms with van der Waals surface area (Å²) in [4.78, 5) is 30.8. The molecule has 7 nitrogen and oxygen atoms in total. The number of carbonyl (C=O) groups excluding carboxylic acids is 2. The molecule has 1 saturated heterocycles. The molecule has 2 N–H and O–H groups in total. The van der Waals surface area contributed by atoms with E-state index in [1.165, 1.54) is 16.8 Å². The van der Waals surface area contributed by atoms with Crippen LogP contribution in [0, 0.1) is 0 Å². The molecule has 0 saturated carbocycles. The fraction of sp³-hybridized carbons (Fsp3) is 0.333. The highest BCUT2D eigenvalue weighted by atomic mass is 32.1. The van der Waals surface area contributed by atoms with Crippen molar-refractivity contribution in [1.82, 2.24) is 15.5 Å². The molecule has 1 aromatic carbocycles. The average molecular weight is 453 g/mol. The molecule has 4 rings (SSSR count). The second kappa shape index (κ2) is 10.5. The van der Waals surface area contributed by atoms with Crippen LogP contribution in [0.1, 0.15) is 23.6 Å². The van der Waals surface area contributed by atoms with Crippen LogP contribution < -0.4 is 15.5 Å². The van der Waals surface area contributed by atoms with Crippen molar-refractivity contribution in [2.45, 2.75) is 25.6 Å². The Morgan fingerprint density at radius 2 is 1.78 bits per heavy atom. The highest BCUT2D eigenvalue weighted by Crippen LogP contribution is 2.30. The summed E-state index contributed by atoms with van der Waals surface area (Å²) in [6.45, 7) is 5.73. The first-order valence-corrected chi connectivity index (χ1v) is 11.7. The maximum Gasteiger partial charge on any atom is 0.309 e. The van der Waals surface area contributed by atoms with Gasteiger partial charge in [0.15, 0.2) is 0 Å². The average Bonchev–Trinajstić information content (AvgIpc) is 3.53. The van der Waals surface area contributed by atoms with E-state index in [9.17, 15) is 9.59 Å². The van der Waals surface area contributed by atoms with Gasteiger partial charge in [-0.05, 0) is 42.6 Å². The molecule has 0 radical (unpaired) electrons. The molecule has 3 heterocycles. The van der Waals surface area contributed by atoms with Crippen LogP contribution in [-0.4, -0.2) is 48.9 Å². The zero-order valence-corrected chi connectivity index (χ0v) is 18.9. The largest absolute Gasteiger partial charge is 0.467 e. The van der Waals surface area contributed by atoms with E-state index < -0.39 is 11.8 Å². The van der Waals surface area contributed by atoms with Gasteiger partial charge in [-0.3, -0.25) is 14.5 Å². The Kier molecular flexibility index (Phi) is 7.24. The predicted octanol–water partition coefficient (Wildman–Crippen LogP) is 3.03. The highest BCUT2D eigenvalue weighted by molar-refractivity contribution is 7.10. The van der Waals surface area contributed by atoms with Gasteiger partial charge >= 0.3 is 11.8 Å². The minimum Gasteiger partial charge on any atom is -0.467 e. The molecule has 32 heavy (non-hydrogen) atoms. The molecule has 0 bridgehead atoms. The molecule has 2 amide bonds. The number of benzene rings is 1. The lowest BCUT2D eigenvalue weighted by molar-refractivity contribution is -0.140. The Balaban J connectivity index is 1.37. The van der Waals surface area contributed by atoms with Gasteiger partial charge in [0.25, 0.3) is 0 Å². The summed E-state index contributed by atoms with van der Waals surface area (Å²) < 4.78 is 5.20. The number of hydrogen-bond donors (Lipinski definition) is 2. The SMILES string of the molecule is C[C@H](NC(=O)C(=O)NCc1ccco1)[C@@H](c1cccs1)N1CCN(c2ccccc2)CC1. The molecular formula is C24H28N4O3S. The number of carbonyl (C=O) groups is 2. The number of rotatable bonds is 7. The molecule has 1 aliphatic heterocycles. The smallest absolute Gasteiger partial charge is 0.309 e. The maximum absolute atomic E-state index is 12.5. The zero-order valence-electron chi connectivity index (χ0n) is 18.1. The van der Waals surface area contributed by atoms with Crippen LogP contribution in [0.2, 0.25) is 0 Å². The number of hydrogen-bond acceptors (Lipinski definition) is 6. The summed E-state index contributed by atoms with van der Waals surface area (Å²) in [6.07, 6.45) is 1.53. The quantitative estimate of drug-likeness (QED) is 0.539. The lowest BCUT2D eigenvalue weighted by Crippen LogP contribution is -2.53. The van der Waals surface area contributed by atoms with E-state index in [4.69, 9.17) is 4.42 Å². The van der Waals surface area contributed by atoms with Gasteiger partial charge < -0.3 is 20.0 Å². The van der Waals surface area contributed by atoms with Crippen LogP contribution in [0.3, 0.4) is 0 Å². The Morgan fingerprint density at radius 1 is 1.00 bits per heavy atom. The summed E-state index contributed by atoms with van der Waals surface area (Å²) in [7, 11) is 0. The van der Waals surface area contributed by atoms with Crippen LogP contribution in [0.4, 0.5) is 5.69 Å². The van der Waals surface area contributed by atoms with E-state index in [-0.39, 0.29) is 18.6 Å². The zero-order chi connectivity index (χ0) is 22.3. The molecule has 2 atom stereocenters. The molecule has 168 valence electrons. The summed E-state index contributed by atoms with van der Waals surface area (Å²) in [5.74, 6) is -0.687. The number of piperazine rings is 1. The van der Waals surface area contributed by atoms with E-state index in [1.54, 1.807) is 23.5 Å². The maximum atomic E-state index is 12.5. The Labute approximate surface area is 192 Å². The van der Waals surface area contributed by atoms with Crippen molar-refractivity contribution in [3.63, 3.8) is 0 Å². The number of nitrogens with one attached hydrogen (secondary N) is 2. The molecule has 1 fully saturated rings. The minimum atomic E-state index is -0.660. The Bertz CT molecular complexity index is 984. The number of para-hydroxylation sites is 1. The van der Waals surface area contributed by atoms with Gasteiger partial charge in [0.1, 0.15) is 5.76 Å². The van der Waals surface area contributed by atoms with Gasteiger partial charge in [0.05, 0.1) is 18.8 Å². The van der Waals surface area contributed by atoms with Crippen molar-refractivity contribution < 1.29 is 14.0 Å². The topological polar surface area (TPSA) is 77.8 Å². The molecule has 0 unspecified atom stereocenters. The molecule has 8 heteroatoms. The van der Waals surface area contributed by atoms with E-state index >= 15 is 0 Å². The Morgan fingerprint density at radius 3 is 2.44 bits per heavy atom. The molecule has 1 aliphatic rings. The van der Waals surface area contributed by atoms with E-state index in [0.29, 0.717) is 5.76 Å².